The van der Waals surface area contributed by atoms with Crippen LogP contribution in [0.25, 0.3) is 0 Å². The largest absolute Gasteiger partial charge is 0.350 e. The van der Waals surface area contributed by atoms with Gasteiger partial charge in [0.1, 0.15) is 6.54 Å². The van der Waals surface area contributed by atoms with Crippen molar-refractivity contribution in [2.24, 2.45) is 0 Å². The maximum Gasteiger partial charge on any atom is 0.240 e. The first-order chi connectivity index (χ1) is 12.2. The van der Waals surface area contributed by atoms with Crippen molar-refractivity contribution in [2.75, 3.05) is 11.4 Å². The molecule has 0 saturated carbocycles. The van der Waals surface area contributed by atoms with Crippen molar-refractivity contribution in [1.82, 2.24) is 5.32 Å². The van der Waals surface area contributed by atoms with Crippen molar-refractivity contribution in [2.45, 2.75) is 46.6 Å². The van der Waals surface area contributed by atoms with Crippen LogP contribution in [0.15, 0.2) is 48.5 Å². The molecule has 0 saturated heterocycles. The Morgan fingerprint density at radius 2 is 1.54 bits per heavy atom. The molecule has 0 spiro atoms. The highest BCUT2D eigenvalue weighted by atomic mass is 16.2. The lowest BCUT2D eigenvalue weighted by Gasteiger charge is -2.23. The van der Waals surface area contributed by atoms with Crippen LogP contribution >= 0.6 is 0 Å². The molecule has 2 amide bonds. The molecule has 0 aromatic heterocycles. The van der Waals surface area contributed by atoms with Gasteiger partial charge in [-0.1, -0.05) is 62.7 Å². The van der Waals surface area contributed by atoms with E-state index >= 15 is 0 Å². The summed E-state index contributed by atoms with van der Waals surface area (Å²) in [6.45, 7) is 10.4. The van der Waals surface area contributed by atoms with E-state index in [1.165, 1.54) is 23.0 Å². The Balaban J connectivity index is 2.02. The SMILES string of the molecule is CC(=O)N(CC(=O)NCc1ccc(C)cc1)c1ccc(C(C)(C)C)cc1. The summed E-state index contributed by atoms with van der Waals surface area (Å²) < 4.78 is 0. The molecule has 0 aliphatic carbocycles. The molecule has 2 rings (SSSR count). The smallest absolute Gasteiger partial charge is 0.240 e. The molecule has 4 nitrogen and oxygen atoms in total. The summed E-state index contributed by atoms with van der Waals surface area (Å²) in [7, 11) is 0. The van der Waals surface area contributed by atoms with Crippen LogP contribution in [0.3, 0.4) is 0 Å². The van der Waals surface area contributed by atoms with Gasteiger partial charge < -0.3 is 10.2 Å². The highest BCUT2D eigenvalue weighted by Crippen LogP contribution is 2.25. The fraction of sp³-hybridized carbons (Fsp3) is 0.364. The van der Waals surface area contributed by atoms with E-state index in [0.717, 1.165) is 11.3 Å². The van der Waals surface area contributed by atoms with Crippen molar-refractivity contribution in [1.29, 1.82) is 0 Å². The number of carbonyl (C=O) groups excluding carboxylic acids is 2. The van der Waals surface area contributed by atoms with Crippen molar-refractivity contribution in [3.05, 3.63) is 65.2 Å². The summed E-state index contributed by atoms with van der Waals surface area (Å²) in [4.78, 5) is 25.8. The van der Waals surface area contributed by atoms with E-state index in [2.05, 4.69) is 26.1 Å². The summed E-state index contributed by atoms with van der Waals surface area (Å²) in [6.07, 6.45) is 0. The molecule has 0 radical (unpaired) electrons. The Morgan fingerprint density at radius 3 is 2.04 bits per heavy atom. The molecular formula is C22H28N2O2. The van der Waals surface area contributed by atoms with Gasteiger partial charge in [0, 0.05) is 19.2 Å². The van der Waals surface area contributed by atoms with E-state index in [9.17, 15) is 9.59 Å². The molecule has 0 atom stereocenters. The van der Waals surface area contributed by atoms with Gasteiger partial charge in [-0.2, -0.15) is 0 Å². The van der Waals surface area contributed by atoms with Gasteiger partial charge in [0.25, 0.3) is 0 Å². The minimum atomic E-state index is -0.180. The lowest BCUT2D eigenvalue weighted by molar-refractivity contribution is -0.123. The normalized spacial score (nSPS) is 11.1. The molecule has 0 fully saturated rings. The number of nitrogens with zero attached hydrogens (tertiary/aromatic N) is 1. The third-order valence-electron chi connectivity index (χ3n) is 4.34. The van der Waals surface area contributed by atoms with Crippen molar-refractivity contribution < 1.29 is 9.59 Å². The number of hydrogen-bond acceptors (Lipinski definition) is 2. The molecule has 0 aliphatic rings. The highest BCUT2D eigenvalue weighted by molar-refractivity contribution is 5.97. The van der Waals surface area contributed by atoms with Crippen LogP contribution in [0, 0.1) is 6.92 Å². The lowest BCUT2D eigenvalue weighted by Crippen LogP contribution is -2.39. The van der Waals surface area contributed by atoms with Crippen LogP contribution in [0.4, 0.5) is 5.69 Å². The molecule has 4 heteroatoms. The van der Waals surface area contributed by atoms with Gasteiger partial charge in [-0.15, -0.1) is 0 Å². The Hall–Kier alpha value is -2.62. The van der Waals surface area contributed by atoms with Crippen LogP contribution < -0.4 is 10.2 Å². The molecular weight excluding hydrogens is 324 g/mol. The van der Waals surface area contributed by atoms with Crippen molar-refractivity contribution in [3.63, 3.8) is 0 Å². The maximum atomic E-state index is 12.3. The van der Waals surface area contributed by atoms with Gasteiger partial charge in [-0.25, -0.2) is 0 Å². The second-order valence-corrected chi connectivity index (χ2v) is 7.66. The Labute approximate surface area is 156 Å². The minimum absolute atomic E-state index is 0.00998. The Morgan fingerprint density at radius 1 is 0.962 bits per heavy atom. The fourth-order valence-corrected chi connectivity index (χ4v) is 2.63. The van der Waals surface area contributed by atoms with Gasteiger partial charge >= 0.3 is 0 Å². The van der Waals surface area contributed by atoms with E-state index in [1.807, 2.05) is 55.5 Å². The first-order valence-corrected chi connectivity index (χ1v) is 8.88. The molecule has 2 aromatic carbocycles. The molecule has 1 N–H and O–H groups in total. The molecule has 2 aromatic rings. The second kappa shape index (κ2) is 8.17. The van der Waals surface area contributed by atoms with Gasteiger partial charge in [-0.3, -0.25) is 9.59 Å². The van der Waals surface area contributed by atoms with Gasteiger partial charge in [0.2, 0.25) is 11.8 Å². The zero-order chi connectivity index (χ0) is 19.3. The van der Waals surface area contributed by atoms with E-state index in [4.69, 9.17) is 0 Å². The Kier molecular flexibility index (Phi) is 6.19. The monoisotopic (exact) mass is 352 g/mol. The summed E-state index contributed by atoms with van der Waals surface area (Å²) in [5.74, 6) is -0.334. The summed E-state index contributed by atoms with van der Waals surface area (Å²) in [5, 5.41) is 2.88. The average molecular weight is 352 g/mol. The standard InChI is InChI=1S/C22H28N2O2/c1-16-6-8-18(9-7-16)14-23-21(26)15-24(17(2)25)20-12-10-19(11-13-20)22(3,4)5/h6-13H,14-15H2,1-5H3,(H,23,26). The van der Waals surface area contributed by atoms with Crippen LogP contribution in [0.1, 0.15) is 44.4 Å². The number of anilines is 1. The van der Waals surface area contributed by atoms with E-state index < -0.39 is 0 Å². The van der Waals surface area contributed by atoms with Gasteiger partial charge in [0.15, 0.2) is 0 Å². The zero-order valence-electron chi connectivity index (χ0n) is 16.3. The molecule has 138 valence electrons. The van der Waals surface area contributed by atoms with Crippen molar-refractivity contribution in [3.8, 4) is 0 Å². The lowest BCUT2D eigenvalue weighted by atomic mass is 9.87. The first-order valence-electron chi connectivity index (χ1n) is 8.88. The van der Waals surface area contributed by atoms with Gasteiger partial charge in [-0.05, 0) is 35.6 Å². The quantitative estimate of drug-likeness (QED) is 0.885. The number of benzene rings is 2. The summed E-state index contributed by atoms with van der Waals surface area (Å²) in [6, 6.07) is 15.8. The van der Waals surface area contributed by atoms with E-state index in [0.29, 0.717) is 6.54 Å². The van der Waals surface area contributed by atoms with E-state index in [-0.39, 0.29) is 23.8 Å². The number of carbonyl (C=O) groups is 2. The molecule has 0 heterocycles. The van der Waals surface area contributed by atoms with Crippen LogP contribution in [0.5, 0.6) is 0 Å². The Bertz CT molecular complexity index is 756. The second-order valence-electron chi connectivity index (χ2n) is 7.66. The minimum Gasteiger partial charge on any atom is -0.350 e. The van der Waals surface area contributed by atoms with Crippen molar-refractivity contribution >= 4 is 17.5 Å². The number of nitrogens with one attached hydrogen (secondary N) is 1. The summed E-state index contributed by atoms with van der Waals surface area (Å²) in [5.41, 5.74) is 4.18. The number of amides is 2. The van der Waals surface area contributed by atoms with E-state index in [1.54, 1.807) is 0 Å². The third kappa shape index (κ3) is 5.45. The van der Waals surface area contributed by atoms with Crippen LogP contribution in [-0.2, 0) is 21.5 Å². The number of hydrogen-bond donors (Lipinski definition) is 1. The molecule has 0 unspecified atom stereocenters. The average Bonchev–Trinajstić information content (AvgIpc) is 2.58. The van der Waals surface area contributed by atoms with Gasteiger partial charge in [0.05, 0.1) is 0 Å². The number of aryl methyl sites for hydroxylation is 1. The molecule has 0 aliphatic heterocycles. The summed E-state index contributed by atoms with van der Waals surface area (Å²) >= 11 is 0. The van der Waals surface area contributed by atoms with Crippen LogP contribution in [-0.4, -0.2) is 18.4 Å². The maximum absolute atomic E-state index is 12.3. The predicted octanol–water partition coefficient (Wildman–Crippen LogP) is 3.96. The predicted molar refractivity (Wildman–Crippen MR) is 106 cm³/mol. The third-order valence-corrected chi connectivity index (χ3v) is 4.34. The fourth-order valence-electron chi connectivity index (χ4n) is 2.63. The molecule has 26 heavy (non-hydrogen) atoms. The highest BCUT2D eigenvalue weighted by Gasteiger charge is 2.18. The van der Waals surface area contributed by atoms with Crippen LogP contribution in [0.2, 0.25) is 0 Å². The molecule has 0 bridgehead atoms. The first kappa shape index (κ1) is 19.7. The zero-order valence-corrected chi connectivity index (χ0v) is 16.3. The number of rotatable bonds is 5. The topological polar surface area (TPSA) is 49.4 Å².